The summed E-state index contributed by atoms with van der Waals surface area (Å²) in [7, 11) is 0.999. The van der Waals surface area contributed by atoms with E-state index in [-0.39, 0.29) is 5.75 Å². The molecule has 0 aliphatic rings. The Bertz CT molecular complexity index is 505. The smallest absolute Gasteiger partial charge is 0.264 e. The van der Waals surface area contributed by atoms with Crippen LogP contribution in [0.2, 0.25) is 0 Å². The molecule has 3 nitrogen and oxygen atoms in total. The fourth-order valence-electron chi connectivity index (χ4n) is 1.13. The van der Waals surface area contributed by atoms with Crippen LogP contribution in [0.5, 0.6) is 5.75 Å². The van der Waals surface area contributed by atoms with Crippen molar-refractivity contribution in [3.8, 4) is 5.75 Å². The van der Waals surface area contributed by atoms with Gasteiger partial charge >= 0.3 is 0 Å². The second kappa shape index (κ2) is 6.02. The molecule has 0 aliphatic heterocycles. The first-order chi connectivity index (χ1) is 7.86. The summed E-state index contributed by atoms with van der Waals surface area (Å²) in [6, 6.07) is 2.11. The zero-order valence-electron chi connectivity index (χ0n) is 9.04. The van der Waals surface area contributed by atoms with E-state index in [0.29, 0.717) is 11.1 Å². The third kappa shape index (κ3) is 4.12. The van der Waals surface area contributed by atoms with Gasteiger partial charge in [0.15, 0.2) is 0 Å². The fraction of sp³-hybridized carbons (Fsp3) is 0.400. The van der Waals surface area contributed by atoms with Crippen LogP contribution in [0.4, 0.5) is 4.39 Å². The first-order valence-electron chi connectivity index (χ1n) is 4.92. The maximum absolute atomic E-state index is 13.5. The molecule has 7 heteroatoms. The number of hydrogen-bond acceptors (Lipinski definition) is 3. The van der Waals surface area contributed by atoms with Gasteiger partial charge in [0.25, 0.3) is 9.05 Å². The van der Waals surface area contributed by atoms with Gasteiger partial charge in [0.05, 0.1) is 11.1 Å². The molecule has 0 spiro atoms. The van der Waals surface area contributed by atoms with E-state index in [1.54, 1.807) is 0 Å². The Labute approximate surface area is 112 Å². The summed E-state index contributed by atoms with van der Waals surface area (Å²) in [5, 5.41) is 0. The van der Waals surface area contributed by atoms with Gasteiger partial charge in [-0.3, -0.25) is 0 Å². The predicted molar refractivity (Wildman–Crippen MR) is 67.5 cm³/mol. The van der Waals surface area contributed by atoms with E-state index >= 15 is 0 Å². The molecule has 0 N–H and O–H groups in total. The van der Waals surface area contributed by atoms with Gasteiger partial charge in [0, 0.05) is 16.7 Å². The molecule has 1 aromatic rings. The van der Waals surface area contributed by atoms with E-state index in [1.165, 1.54) is 0 Å². The third-order valence-electron chi connectivity index (χ3n) is 2.00. The minimum atomic E-state index is -4.09. The minimum Gasteiger partial charge on any atom is -0.492 e. The van der Waals surface area contributed by atoms with Crippen molar-refractivity contribution in [3.63, 3.8) is 0 Å². The highest BCUT2D eigenvalue weighted by Gasteiger charge is 2.19. The summed E-state index contributed by atoms with van der Waals surface area (Å²) in [6.07, 6.45) is 1.79. The van der Waals surface area contributed by atoms with Gasteiger partial charge in [-0.2, -0.15) is 0 Å². The van der Waals surface area contributed by atoms with Crippen LogP contribution in [0.15, 0.2) is 21.5 Å². The maximum atomic E-state index is 13.5. The van der Waals surface area contributed by atoms with Crippen LogP contribution in [0.3, 0.4) is 0 Å². The number of unbranched alkanes of at least 4 members (excludes halogenated alkanes) is 1. The summed E-state index contributed by atoms with van der Waals surface area (Å²) >= 11 is 3.11. The lowest BCUT2D eigenvalue weighted by Gasteiger charge is -2.09. The molecule has 0 amide bonds. The molecule has 1 aromatic carbocycles. The summed E-state index contributed by atoms with van der Waals surface area (Å²) in [5.74, 6) is -0.658. The summed E-state index contributed by atoms with van der Waals surface area (Å²) in [6.45, 7) is 2.45. The largest absolute Gasteiger partial charge is 0.492 e. The Morgan fingerprint density at radius 2 is 2.12 bits per heavy atom. The second-order valence-electron chi connectivity index (χ2n) is 3.35. The van der Waals surface area contributed by atoms with Crippen LogP contribution in [0.25, 0.3) is 0 Å². The van der Waals surface area contributed by atoms with Crippen LogP contribution in [-0.2, 0) is 9.05 Å². The molecular formula is C10H11BrClFO3S. The molecule has 96 valence electrons. The van der Waals surface area contributed by atoms with Crippen molar-refractivity contribution in [3.05, 3.63) is 22.4 Å². The highest BCUT2D eigenvalue weighted by atomic mass is 79.9. The molecule has 0 saturated carbocycles. The van der Waals surface area contributed by atoms with Crippen molar-refractivity contribution in [2.24, 2.45) is 0 Å². The standard InChI is InChI=1S/C10H11BrClFO3S/c1-2-3-4-16-9-6-8(13)10(5-7(9)11)17(12,14)15/h5-6H,2-4H2,1H3. The molecule has 0 radical (unpaired) electrons. The Morgan fingerprint density at radius 1 is 1.47 bits per heavy atom. The second-order valence-corrected chi connectivity index (χ2v) is 6.74. The van der Waals surface area contributed by atoms with Crippen molar-refractivity contribution in [1.82, 2.24) is 0 Å². The molecule has 0 saturated heterocycles. The lowest BCUT2D eigenvalue weighted by molar-refractivity contribution is 0.305. The van der Waals surface area contributed by atoms with Crippen molar-refractivity contribution < 1.29 is 17.5 Å². The quantitative estimate of drug-likeness (QED) is 0.604. The number of hydrogen-bond donors (Lipinski definition) is 0. The average Bonchev–Trinajstić information content (AvgIpc) is 2.21. The number of benzene rings is 1. The van der Waals surface area contributed by atoms with Crippen LogP contribution >= 0.6 is 26.6 Å². The van der Waals surface area contributed by atoms with E-state index in [2.05, 4.69) is 15.9 Å². The minimum absolute atomic E-state index is 0.264. The predicted octanol–water partition coefficient (Wildman–Crippen LogP) is 3.69. The number of ether oxygens (including phenoxy) is 1. The SMILES string of the molecule is CCCCOc1cc(F)c(S(=O)(=O)Cl)cc1Br. The Hall–Kier alpha value is -0.330. The Morgan fingerprint density at radius 3 is 2.65 bits per heavy atom. The van der Waals surface area contributed by atoms with Crippen LogP contribution in [0, 0.1) is 5.82 Å². The van der Waals surface area contributed by atoms with Gasteiger partial charge in [-0.25, -0.2) is 12.8 Å². The monoisotopic (exact) mass is 344 g/mol. The molecule has 0 aliphatic carbocycles. The van der Waals surface area contributed by atoms with Gasteiger partial charge in [-0.15, -0.1) is 0 Å². The first kappa shape index (κ1) is 14.7. The third-order valence-corrected chi connectivity index (χ3v) is 3.96. The Balaban J connectivity index is 3.02. The van der Waals surface area contributed by atoms with Gasteiger partial charge in [0.1, 0.15) is 16.5 Å². The zero-order valence-corrected chi connectivity index (χ0v) is 12.2. The topological polar surface area (TPSA) is 43.4 Å². The van der Waals surface area contributed by atoms with Gasteiger partial charge in [0.2, 0.25) is 0 Å². The van der Waals surface area contributed by atoms with Gasteiger partial charge in [-0.05, 0) is 28.4 Å². The zero-order chi connectivity index (χ0) is 13.1. The Kier molecular flexibility index (Phi) is 5.22. The van der Waals surface area contributed by atoms with Crippen molar-refractivity contribution in [2.45, 2.75) is 24.7 Å². The average molecular weight is 346 g/mol. The van der Waals surface area contributed by atoms with Crippen molar-refractivity contribution >= 4 is 35.7 Å². The molecular weight excluding hydrogens is 335 g/mol. The van der Waals surface area contributed by atoms with Gasteiger partial charge < -0.3 is 4.74 Å². The van der Waals surface area contributed by atoms with Crippen LogP contribution < -0.4 is 4.74 Å². The maximum Gasteiger partial charge on any atom is 0.264 e. The molecule has 1 rings (SSSR count). The van der Waals surface area contributed by atoms with E-state index in [4.69, 9.17) is 15.4 Å². The number of halogens is 3. The van der Waals surface area contributed by atoms with E-state index in [0.717, 1.165) is 25.0 Å². The summed E-state index contributed by atoms with van der Waals surface area (Å²) in [4.78, 5) is -0.561. The van der Waals surface area contributed by atoms with E-state index in [1.807, 2.05) is 6.92 Å². The van der Waals surface area contributed by atoms with Crippen molar-refractivity contribution in [1.29, 1.82) is 0 Å². The molecule has 17 heavy (non-hydrogen) atoms. The molecule has 0 heterocycles. The summed E-state index contributed by atoms with van der Waals surface area (Å²) < 4.78 is 41.2. The molecule has 0 aromatic heterocycles. The normalized spacial score (nSPS) is 11.5. The van der Waals surface area contributed by atoms with Crippen molar-refractivity contribution in [2.75, 3.05) is 6.61 Å². The van der Waals surface area contributed by atoms with E-state index < -0.39 is 19.8 Å². The highest BCUT2D eigenvalue weighted by Crippen LogP contribution is 2.31. The first-order valence-corrected chi connectivity index (χ1v) is 8.03. The fourth-order valence-corrected chi connectivity index (χ4v) is 2.65. The number of rotatable bonds is 5. The van der Waals surface area contributed by atoms with E-state index in [9.17, 15) is 12.8 Å². The highest BCUT2D eigenvalue weighted by molar-refractivity contribution is 9.10. The molecule has 0 fully saturated rings. The lowest BCUT2D eigenvalue weighted by atomic mass is 10.3. The van der Waals surface area contributed by atoms with Crippen LogP contribution in [-0.4, -0.2) is 15.0 Å². The van der Waals surface area contributed by atoms with Gasteiger partial charge in [-0.1, -0.05) is 13.3 Å². The molecule has 0 unspecified atom stereocenters. The van der Waals surface area contributed by atoms with Crippen LogP contribution in [0.1, 0.15) is 19.8 Å². The molecule has 0 atom stereocenters. The lowest BCUT2D eigenvalue weighted by Crippen LogP contribution is -2.01. The summed E-state index contributed by atoms with van der Waals surface area (Å²) in [5.41, 5.74) is 0. The molecule has 0 bridgehead atoms.